The predicted molar refractivity (Wildman–Crippen MR) is 82.4 cm³/mol. The topological polar surface area (TPSA) is 37.3 Å². The molecule has 0 aromatic heterocycles. The molecular formula is C18H30O2. The van der Waals surface area contributed by atoms with Crippen molar-refractivity contribution in [1.82, 2.24) is 0 Å². The van der Waals surface area contributed by atoms with Crippen LogP contribution in [-0.4, -0.2) is 16.5 Å². The molecule has 0 aliphatic heterocycles. The van der Waals surface area contributed by atoms with Crippen molar-refractivity contribution >= 4 is 5.78 Å². The molecule has 2 nitrogen and oxygen atoms in total. The Bertz CT molecular complexity index is 391. The lowest BCUT2D eigenvalue weighted by molar-refractivity contribution is -0.129. The van der Waals surface area contributed by atoms with Gasteiger partial charge in [0.15, 0.2) is 0 Å². The van der Waals surface area contributed by atoms with Crippen LogP contribution in [-0.2, 0) is 4.79 Å². The number of aliphatic hydroxyl groups is 1. The van der Waals surface area contributed by atoms with E-state index >= 15 is 0 Å². The van der Waals surface area contributed by atoms with Gasteiger partial charge in [0.1, 0.15) is 5.78 Å². The molecule has 20 heavy (non-hydrogen) atoms. The number of carbonyl (C=O) groups is 1. The summed E-state index contributed by atoms with van der Waals surface area (Å²) in [6.45, 7) is 8.30. The standard InChI is InChI=1S/C18H30O2/c1-13(7-5-11-17(2,3)20)14-9-10-15-16(19)8-6-12-18(14,15)4/h5,7,13-15,20H,6,8-12H2,1-4H3/b7-5+/t13-,14?,15?,18?/m1/s1. The molecule has 0 spiro atoms. The molecular weight excluding hydrogens is 248 g/mol. The molecule has 2 saturated carbocycles. The van der Waals surface area contributed by atoms with Crippen LogP contribution in [0.3, 0.4) is 0 Å². The number of hydrogen-bond acceptors (Lipinski definition) is 2. The minimum absolute atomic E-state index is 0.216. The fourth-order valence-corrected chi connectivity index (χ4v) is 4.54. The van der Waals surface area contributed by atoms with Gasteiger partial charge in [-0.15, -0.1) is 0 Å². The van der Waals surface area contributed by atoms with Gasteiger partial charge in [-0.1, -0.05) is 26.0 Å². The SMILES string of the molecule is C[C@H](/C=C/CC(C)(C)O)C1CCC2C(=O)CCCC21C. The van der Waals surface area contributed by atoms with E-state index in [1.807, 2.05) is 13.8 Å². The van der Waals surface area contributed by atoms with Crippen molar-refractivity contribution in [3.05, 3.63) is 12.2 Å². The highest BCUT2D eigenvalue weighted by Gasteiger charge is 2.51. The van der Waals surface area contributed by atoms with E-state index in [-0.39, 0.29) is 5.41 Å². The minimum Gasteiger partial charge on any atom is -0.390 e. The van der Waals surface area contributed by atoms with Crippen molar-refractivity contribution in [3.8, 4) is 0 Å². The molecule has 1 N–H and O–H groups in total. The third-order valence-corrected chi connectivity index (χ3v) is 5.63. The van der Waals surface area contributed by atoms with Crippen LogP contribution in [0.25, 0.3) is 0 Å². The van der Waals surface area contributed by atoms with Crippen molar-refractivity contribution in [1.29, 1.82) is 0 Å². The quantitative estimate of drug-likeness (QED) is 0.785. The van der Waals surface area contributed by atoms with Crippen molar-refractivity contribution in [2.75, 3.05) is 0 Å². The summed E-state index contributed by atoms with van der Waals surface area (Å²) in [6, 6.07) is 0. The second kappa shape index (κ2) is 5.63. The van der Waals surface area contributed by atoms with Gasteiger partial charge in [0, 0.05) is 12.3 Å². The summed E-state index contributed by atoms with van der Waals surface area (Å²) in [6.07, 6.45) is 10.4. The fraction of sp³-hybridized carbons (Fsp3) is 0.833. The lowest BCUT2D eigenvalue weighted by atomic mass is 9.62. The van der Waals surface area contributed by atoms with Crippen LogP contribution >= 0.6 is 0 Å². The Labute approximate surface area is 123 Å². The Morgan fingerprint density at radius 3 is 2.80 bits per heavy atom. The Morgan fingerprint density at radius 1 is 1.45 bits per heavy atom. The number of carbonyl (C=O) groups excluding carboxylic acids is 1. The maximum absolute atomic E-state index is 12.1. The molecule has 0 radical (unpaired) electrons. The highest BCUT2D eigenvalue weighted by molar-refractivity contribution is 5.83. The van der Waals surface area contributed by atoms with E-state index in [4.69, 9.17) is 0 Å². The Hall–Kier alpha value is -0.630. The van der Waals surface area contributed by atoms with Gasteiger partial charge in [0.2, 0.25) is 0 Å². The molecule has 114 valence electrons. The summed E-state index contributed by atoms with van der Waals surface area (Å²) in [4.78, 5) is 12.1. The van der Waals surface area contributed by atoms with E-state index in [9.17, 15) is 9.90 Å². The van der Waals surface area contributed by atoms with Gasteiger partial charge in [-0.2, -0.15) is 0 Å². The van der Waals surface area contributed by atoms with Gasteiger partial charge >= 0.3 is 0 Å². The van der Waals surface area contributed by atoms with E-state index in [1.54, 1.807) is 0 Å². The van der Waals surface area contributed by atoms with Crippen molar-refractivity contribution in [2.45, 2.75) is 71.8 Å². The molecule has 0 heterocycles. The third-order valence-electron chi connectivity index (χ3n) is 5.63. The molecule has 2 fully saturated rings. The number of fused-ring (bicyclic) bond motifs is 1. The lowest BCUT2D eigenvalue weighted by Crippen LogP contribution is -2.39. The summed E-state index contributed by atoms with van der Waals surface area (Å²) in [5.41, 5.74) is -0.410. The highest BCUT2D eigenvalue weighted by Crippen LogP contribution is 2.56. The Kier molecular flexibility index (Phi) is 4.44. The molecule has 2 aliphatic carbocycles. The predicted octanol–water partition coefficient (Wildman–Crippen LogP) is 4.13. The first-order valence-corrected chi connectivity index (χ1v) is 8.16. The average molecular weight is 278 g/mol. The van der Waals surface area contributed by atoms with Gasteiger partial charge in [-0.05, 0) is 63.2 Å². The molecule has 0 aromatic carbocycles. The zero-order valence-corrected chi connectivity index (χ0v) is 13.5. The molecule has 2 aliphatic rings. The summed E-state index contributed by atoms with van der Waals surface area (Å²) >= 11 is 0. The zero-order valence-electron chi connectivity index (χ0n) is 13.5. The second-order valence-corrected chi connectivity index (χ2v) is 7.87. The molecule has 0 bridgehead atoms. The van der Waals surface area contributed by atoms with E-state index in [2.05, 4.69) is 26.0 Å². The number of allylic oxidation sites excluding steroid dienone is 1. The summed E-state index contributed by atoms with van der Waals surface area (Å²) in [5, 5.41) is 9.77. The van der Waals surface area contributed by atoms with Crippen LogP contribution in [0.1, 0.15) is 66.2 Å². The Morgan fingerprint density at radius 2 is 2.15 bits per heavy atom. The highest BCUT2D eigenvalue weighted by atomic mass is 16.3. The van der Waals surface area contributed by atoms with Crippen molar-refractivity contribution in [3.63, 3.8) is 0 Å². The maximum Gasteiger partial charge on any atom is 0.136 e. The van der Waals surface area contributed by atoms with E-state index in [0.29, 0.717) is 30.0 Å². The van der Waals surface area contributed by atoms with E-state index in [0.717, 1.165) is 19.3 Å². The van der Waals surface area contributed by atoms with E-state index < -0.39 is 5.60 Å². The van der Waals surface area contributed by atoms with Crippen LogP contribution in [0.15, 0.2) is 12.2 Å². The van der Waals surface area contributed by atoms with Crippen LogP contribution in [0.4, 0.5) is 0 Å². The average Bonchev–Trinajstić information content (AvgIpc) is 2.66. The van der Waals surface area contributed by atoms with Crippen LogP contribution in [0, 0.1) is 23.2 Å². The second-order valence-electron chi connectivity index (χ2n) is 7.87. The first-order valence-electron chi connectivity index (χ1n) is 8.16. The van der Waals surface area contributed by atoms with Crippen molar-refractivity contribution < 1.29 is 9.90 Å². The largest absolute Gasteiger partial charge is 0.390 e. The smallest absolute Gasteiger partial charge is 0.136 e. The lowest BCUT2D eigenvalue weighted by Gasteiger charge is -2.41. The number of hydrogen-bond donors (Lipinski definition) is 1. The normalized spacial score (nSPS) is 36.4. The minimum atomic E-state index is -0.626. The van der Waals surface area contributed by atoms with Crippen LogP contribution in [0.5, 0.6) is 0 Å². The van der Waals surface area contributed by atoms with Crippen LogP contribution in [0.2, 0.25) is 0 Å². The van der Waals surface area contributed by atoms with Crippen LogP contribution < -0.4 is 0 Å². The number of ketones is 1. The summed E-state index contributed by atoms with van der Waals surface area (Å²) in [7, 11) is 0. The molecule has 0 amide bonds. The molecule has 2 rings (SSSR count). The number of rotatable bonds is 4. The molecule has 2 heteroatoms. The van der Waals surface area contributed by atoms with Crippen molar-refractivity contribution in [2.24, 2.45) is 23.2 Å². The van der Waals surface area contributed by atoms with Gasteiger partial charge in [0.25, 0.3) is 0 Å². The summed E-state index contributed by atoms with van der Waals surface area (Å²) < 4.78 is 0. The summed E-state index contributed by atoms with van der Waals surface area (Å²) in [5.74, 6) is 1.94. The first kappa shape index (κ1) is 15.8. The molecule has 0 aromatic rings. The molecule has 0 saturated heterocycles. The van der Waals surface area contributed by atoms with E-state index in [1.165, 1.54) is 12.8 Å². The van der Waals surface area contributed by atoms with Gasteiger partial charge in [-0.3, -0.25) is 4.79 Å². The molecule has 3 unspecified atom stereocenters. The Balaban J connectivity index is 2.04. The van der Waals surface area contributed by atoms with Gasteiger partial charge in [0.05, 0.1) is 5.60 Å². The zero-order chi connectivity index (χ0) is 15.0. The van der Waals surface area contributed by atoms with Gasteiger partial charge in [-0.25, -0.2) is 0 Å². The monoisotopic (exact) mass is 278 g/mol. The number of Topliss-reactive ketones (excluding diaryl/α,β-unsaturated/α-hetero) is 1. The fourth-order valence-electron chi connectivity index (χ4n) is 4.54. The first-order chi connectivity index (χ1) is 9.24. The third kappa shape index (κ3) is 3.16. The maximum atomic E-state index is 12.1. The molecule has 4 atom stereocenters. The van der Waals surface area contributed by atoms with Gasteiger partial charge < -0.3 is 5.11 Å².